The first-order valence-corrected chi connectivity index (χ1v) is 8.52. The van der Waals surface area contributed by atoms with Gasteiger partial charge >= 0.3 is 5.97 Å². The van der Waals surface area contributed by atoms with Gasteiger partial charge in [0.1, 0.15) is 6.10 Å². The highest BCUT2D eigenvalue weighted by molar-refractivity contribution is 6.05. The van der Waals surface area contributed by atoms with Crippen LogP contribution in [-0.4, -0.2) is 31.1 Å². The Balaban J connectivity index is 0.00000243. The molecule has 0 spiro atoms. The van der Waals surface area contributed by atoms with Crippen molar-refractivity contribution < 1.29 is 14.3 Å². The fourth-order valence-corrected chi connectivity index (χ4v) is 2.85. The van der Waals surface area contributed by atoms with Crippen molar-refractivity contribution in [3.8, 4) is 0 Å². The monoisotopic (exact) mass is 374 g/mol. The fraction of sp³-hybridized carbons (Fsp3) is 0.300. The molecule has 0 bridgehead atoms. The number of rotatable bonds is 4. The highest BCUT2D eigenvalue weighted by Crippen LogP contribution is 2.16. The topological polar surface area (TPSA) is 67.4 Å². The number of hydrogen-bond acceptors (Lipinski definition) is 4. The van der Waals surface area contributed by atoms with Crippen LogP contribution < -0.4 is 10.6 Å². The van der Waals surface area contributed by atoms with Crippen molar-refractivity contribution >= 4 is 30.0 Å². The minimum absolute atomic E-state index is 0. The number of ether oxygens (including phenoxy) is 1. The van der Waals surface area contributed by atoms with Gasteiger partial charge in [0.25, 0.3) is 5.91 Å². The number of nitrogens with one attached hydrogen (secondary N) is 2. The summed E-state index contributed by atoms with van der Waals surface area (Å²) in [6.45, 7) is 3.65. The third kappa shape index (κ3) is 5.07. The molecule has 0 saturated carbocycles. The number of aryl methyl sites for hydroxylation is 1. The van der Waals surface area contributed by atoms with E-state index in [1.54, 1.807) is 30.3 Å². The summed E-state index contributed by atoms with van der Waals surface area (Å²) in [4.78, 5) is 24.5. The second kappa shape index (κ2) is 9.36. The van der Waals surface area contributed by atoms with Crippen molar-refractivity contribution in [3.63, 3.8) is 0 Å². The number of hydrogen-bond donors (Lipinski definition) is 2. The molecule has 0 unspecified atom stereocenters. The van der Waals surface area contributed by atoms with Gasteiger partial charge in [-0.15, -0.1) is 12.4 Å². The molecule has 0 radical (unpaired) electrons. The van der Waals surface area contributed by atoms with Crippen molar-refractivity contribution in [3.05, 3.63) is 65.2 Å². The standard InChI is InChI=1S/C20H22N2O3.ClH/c1-14-4-2-3-5-18(14)19(23)22-16-8-6-15(7-9-16)20(24)25-17-10-12-21-13-11-17;/h2-9,17,21H,10-13H2,1H3,(H,22,23);1H. The van der Waals surface area contributed by atoms with Gasteiger partial charge in [0, 0.05) is 11.3 Å². The lowest BCUT2D eigenvalue weighted by Gasteiger charge is -2.22. The zero-order valence-corrected chi connectivity index (χ0v) is 15.5. The maximum absolute atomic E-state index is 12.3. The van der Waals surface area contributed by atoms with Gasteiger partial charge in [-0.2, -0.15) is 0 Å². The van der Waals surface area contributed by atoms with E-state index in [2.05, 4.69) is 10.6 Å². The minimum Gasteiger partial charge on any atom is -0.459 e. The lowest BCUT2D eigenvalue weighted by atomic mass is 10.1. The molecular weight excluding hydrogens is 352 g/mol. The van der Waals surface area contributed by atoms with E-state index in [-0.39, 0.29) is 30.4 Å². The van der Waals surface area contributed by atoms with Crippen molar-refractivity contribution in [2.75, 3.05) is 18.4 Å². The normalized spacial score (nSPS) is 14.2. The van der Waals surface area contributed by atoms with Crippen molar-refractivity contribution in [1.29, 1.82) is 0 Å². The quantitative estimate of drug-likeness (QED) is 0.803. The molecular formula is C20H23ClN2O3. The molecule has 0 aliphatic carbocycles. The number of carbonyl (C=O) groups is 2. The number of anilines is 1. The predicted molar refractivity (Wildman–Crippen MR) is 104 cm³/mol. The summed E-state index contributed by atoms with van der Waals surface area (Å²) < 4.78 is 5.52. The van der Waals surface area contributed by atoms with Gasteiger partial charge in [-0.05, 0) is 68.8 Å². The maximum Gasteiger partial charge on any atom is 0.338 e. The van der Waals surface area contributed by atoms with Gasteiger partial charge in [-0.3, -0.25) is 4.79 Å². The summed E-state index contributed by atoms with van der Waals surface area (Å²) in [5.41, 5.74) is 2.69. The molecule has 1 aliphatic heterocycles. The Kier molecular flexibility index (Phi) is 7.18. The summed E-state index contributed by atoms with van der Waals surface area (Å²) in [6, 6.07) is 14.2. The summed E-state index contributed by atoms with van der Waals surface area (Å²) in [5.74, 6) is -0.480. The summed E-state index contributed by atoms with van der Waals surface area (Å²) in [6.07, 6.45) is 1.67. The average Bonchev–Trinajstić information content (AvgIpc) is 2.63. The molecule has 3 rings (SSSR count). The van der Waals surface area contributed by atoms with Gasteiger partial charge < -0.3 is 15.4 Å². The predicted octanol–water partition coefficient (Wildman–Crippen LogP) is 3.58. The molecule has 0 aromatic heterocycles. The van der Waals surface area contributed by atoms with Crippen LogP contribution in [0.15, 0.2) is 48.5 Å². The van der Waals surface area contributed by atoms with Crippen molar-refractivity contribution in [2.24, 2.45) is 0 Å². The second-order valence-electron chi connectivity index (χ2n) is 6.20. The number of piperidine rings is 1. The molecule has 6 heteroatoms. The first-order valence-electron chi connectivity index (χ1n) is 8.52. The van der Waals surface area contributed by atoms with E-state index in [1.165, 1.54) is 0 Å². The number of halogens is 1. The van der Waals surface area contributed by atoms with E-state index >= 15 is 0 Å². The molecule has 5 nitrogen and oxygen atoms in total. The number of amides is 1. The van der Waals surface area contributed by atoms with Gasteiger partial charge in [-0.25, -0.2) is 4.79 Å². The molecule has 138 valence electrons. The molecule has 1 fully saturated rings. The van der Waals surface area contributed by atoms with Gasteiger partial charge in [0.05, 0.1) is 5.56 Å². The molecule has 0 atom stereocenters. The smallest absolute Gasteiger partial charge is 0.338 e. The van der Waals surface area contributed by atoms with Crippen molar-refractivity contribution in [2.45, 2.75) is 25.9 Å². The van der Waals surface area contributed by atoms with Gasteiger partial charge in [0.2, 0.25) is 0 Å². The van der Waals surface area contributed by atoms with Crippen LogP contribution in [0.3, 0.4) is 0 Å². The molecule has 1 aliphatic rings. The summed E-state index contributed by atoms with van der Waals surface area (Å²) in [5, 5.41) is 6.09. The van der Waals surface area contributed by atoms with E-state index in [0.717, 1.165) is 31.5 Å². The first kappa shape index (κ1) is 19.9. The molecule has 1 saturated heterocycles. The van der Waals surface area contributed by atoms with Crippen LogP contribution in [0.4, 0.5) is 5.69 Å². The lowest BCUT2D eigenvalue weighted by Crippen LogP contribution is -2.33. The summed E-state index contributed by atoms with van der Waals surface area (Å²) in [7, 11) is 0. The van der Waals surface area contributed by atoms with Gasteiger partial charge in [-0.1, -0.05) is 18.2 Å². The Hall–Kier alpha value is -2.37. The minimum atomic E-state index is -0.316. The van der Waals surface area contributed by atoms with E-state index < -0.39 is 0 Å². The number of benzene rings is 2. The van der Waals surface area contributed by atoms with Crippen molar-refractivity contribution in [1.82, 2.24) is 5.32 Å². The average molecular weight is 375 g/mol. The molecule has 2 aromatic rings. The Morgan fingerprint density at radius 1 is 1.04 bits per heavy atom. The van der Waals surface area contributed by atoms with Gasteiger partial charge in [0.15, 0.2) is 0 Å². The third-order valence-electron chi connectivity index (χ3n) is 4.33. The Labute approximate surface area is 159 Å². The van der Waals surface area contributed by atoms with Crippen LogP contribution in [0.1, 0.15) is 39.1 Å². The number of carbonyl (C=O) groups excluding carboxylic acids is 2. The Morgan fingerprint density at radius 3 is 2.35 bits per heavy atom. The highest BCUT2D eigenvalue weighted by Gasteiger charge is 2.18. The van der Waals surface area contributed by atoms with E-state index in [1.807, 2.05) is 25.1 Å². The van der Waals surface area contributed by atoms with Crippen LogP contribution >= 0.6 is 12.4 Å². The molecule has 1 heterocycles. The Morgan fingerprint density at radius 2 is 1.69 bits per heavy atom. The molecule has 2 aromatic carbocycles. The van der Waals surface area contributed by atoms with Crippen LogP contribution in [-0.2, 0) is 4.74 Å². The fourth-order valence-electron chi connectivity index (χ4n) is 2.85. The van der Waals surface area contributed by atoms with Crippen LogP contribution in [0, 0.1) is 6.92 Å². The Bertz CT molecular complexity index is 756. The maximum atomic E-state index is 12.3. The molecule has 2 N–H and O–H groups in total. The zero-order valence-electron chi connectivity index (χ0n) is 14.7. The SMILES string of the molecule is Cc1ccccc1C(=O)Nc1ccc(C(=O)OC2CCNCC2)cc1.Cl. The highest BCUT2D eigenvalue weighted by atomic mass is 35.5. The summed E-state index contributed by atoms with van der Waals surface area (Å²) >= 11 is 0. The van der Waals surface area contributed by atoms with E-state index in [9.17, 15) is 9.59 Å². The van der Waals surface area contributed by atoms with Crippen LogP contribution in [0.5, 0.6) is 0 Å². The van der Waals surface area contributed by atoms with E-state index in [4.69, 9.17) is 4.74 Å². The number of esters is 1. The first-order chi connectivity index (χ1) is 12.1. The second-order valence-corrected chi connectivity index (χ2v) is 6.20. The van der Waals surface area contributed by atoms with Crippen LogP contribution in [0.25, 0.3) is 0 Å². The third-order valence-corrected chi connectivity index (χ3v) is 4.33. The molecule has 1 amide bonds. The molecule has 26 heavy (non-hydrogen) atoms. The zero-order chi connectivity index (χ0) is 17.6. The van der Waals surface area contributed by atoms with E-state index in [0.29, 0.717) is 16.8 Å². The largest absolute Gasteiger partial charge is 0.459 e. The van der Waals surface area contributed by atoms with Crippen LogP contribution in [0.2, 0.25) is 0 Å². The lowest BCUT2D eigenvalue weighted by molar-refractivity contribution is 0.0229.